The van der Waals surface area contributed by atoms with Gasteiger partial charge in [-0.05, 0) is 43.7 Å². The van der Waals surface area contributed by atoms with Crippen molar-refractivity contribution in [1.29, 1.82) is 0 Å². The second-order valence-electron chi connectivity index (χ2n) is 7.30. The van der Waals surface area contributed by atoms with Gasteiger partial charge in [0.15, 0.2) is 5.16 Å². The van der Waals surface area contributed by atoms with Crippen LogP contribution in [0.2, 0.25) is 5.02 Å². The standard InChI is InChI=1S/C23H18ClN5OS/c1-13-10-14(2)28-29-21(13)20(15-6-4-3-5-7-15)27-23(29)31-12-19-25-18-11-16(24)8-9-17(18)22(30)26-19/h3-11H,12H2,1-2H3,(H,25,26,30). The van der Waals surface area contributed by atoms with E-state index in [0.717, 1.165) is 33.2 Å². The lowest BCUT2D eigenvalue weighted by Crippen LogP contribution is -2.11. The van der Waals surface area contributed by atoms with E-state index in [1.165, 1.54) is 11.8 Å². The molecule has 0 atom stereocenters. The van der Waals surface area contributed by atoms with Gasteiger partial charge in [-0.25, -0.2) is 14.5 Å². The number of H-pyrrole nitrogens is 1. The molecule has 0 saturated heterocycles. The van der Waals surface area contributed by atoms with Gasteiger partial charge in [0.1, 0.15) is 5.82 Å². The van der Waals surface area contributed by atoms with Crippen LogP contribution in [0.1, 0.15) is 17.1 Å². The van der Waals surface area contributed by atoms with Crippen LogP contribution in [-0.4, -0.2) is 24.6 Å². The molecule has 3 heterocycles. The Balaban J connectivity index is 1.57. The third-order valence-electron chi connectivity index (χ3n) is 4.98. The molecule has 5 rings (SSSR count). The van der Waals surface area contributed by atoms with Crippen LogP contribution in [0, 0.1) is 13.8 Å². The van der Waals surface area contributed by atoms with Gasteiger partial charge in [0.2, 0.25) is 0 Å². The lowest BCUT2D eigenvalue weighted by Gasteiger charge is -2.05. The van der Waals surface area contributed by atoms with Crippen LogP contribution in [0.3, 0.4) is 0 Å². The van der Waals surface area contributed by atoms with Gasteiger partial charge in [-0.15, -0.1) is 0 Å². The molecule has 6 nitrogen and oxygen atoms in total. The molecule has 0 bridgehead atoms. The highest BCUT2D eigenvalue weighted by atomic mass is 35.5. The highest BCUT2D eigenvalue weighted by Gasteiger charge is 2.17. The number of nitrogens with one attached hydrogen (secondary N) is 1. The first-order chi connectivity index (χ1) is 15.0. The Labute approximate surface area is 187 Å². The lowest BCUT2D eigenvalue weighted by atomic mass is 10.1. The molecule has 0 fully saturated rings. The third-order valence-corrected chi connectivity index (χ3v) is 6.16. The van der Waals surface area contributed by atoms with Crippen LogP contribution < -0.4 is 5.56 Å². The van der Waals surface area contributed by atoms with Crippen molar-refractivity contribution in [3.8, 4) is 11.3 Å². The Morgan fingerprint density at radius 3 is 2.68 bits per heavy atom. The van der Waals surface area contributed by atoms with Crippen molar-refractivity contribution in [1.82, 2.24) is 24.6 Å². The molecule has 0 aliphatic carbocycles. The molecular weight excluding hydrogens is 430 g/mol. The Morgan fingerprint density at radius 2 is 1.87 bits per heavy atom. The summed E-state index contributed by atoms with van der Waals surface area (Å²) < 4.78 is 1.88. The summed E-state index contributed by atoms with van der Waals surface area (Å²) in [6.07, 6.45) is 0. The van der Waals surface area contributed by atoms with Gasteiger partial charge < -0.3 is 4.98 Å². The quantitative estimate of drug-likeness (QED) is 0.383. The molecule has 1 N–H and O–H groups in total. The minimum Gasteiger partial charge on any atom is -0.309 e. The number of nitrogens with zero attached hydrogens (tertiary/aromatic N) is 4. The Kier molecular flexibility index (Phi) is 5.00. The minimum absolute atomic E-state index is 0.181. The maximum Gasteiger partial charge on any atom is 0.258 e. The average molecular weight is 448 g/mol. The normalized spacial score (nSPS) is 11.5. The number of aromatic amines is 1. The van der Waals surface area contributed by atoms with Crippen molar-refractivity contribution >= 4 is 39.8 Å². The summed E-state index contributed by atoms with van der Waals surface area (Å²) in [5, 5.41) is 6.51. The zero-order valence-electron chi connectivity index (χ0n) is 16.9. The molecule has 0 aliphatic rings. The van der Waals surface area contributed by atoms with Crippen LogP contribution in [-0.2, 0) is 5.75 Å². The topological polar surface area (TPSA) is 75.9 Å². The Morgan fingerprint density at radius 1 is 1.06 bits per heavy atom. The summed E-state index contributed by atoms with van der Waals surface area (Å²) in [4.78, 5) is 24.8. The molecule has 2 aromatic carbocycles. The highest BCUT2D eigenvalue weighted by molar-refractivity contribution is 7.98. The van der Waals surface area contributed by atoms with Crippen molar-refractivity contribution < 1.29 is 0 Å². The van der Waals surface area contributed by atoms with E-state index in [-0.39, 0.29) is 5.56 Å². The number of rotatable bonds is 4. The van der Waals surface area contributed by atoms with E-state index in [9.17, 15) is 4.79 Å². The van der Waals surface area contributed by atoms with Crippen LogP contribution in [0.5, 0.6) is 0 Å². The second-order valence-corrected chi connectivity index (χ2v) is 8.68. The molecule has 0 unspecified atom stereocenters. The molecule has 0 radical (unpaired) electrons. The van der Waals surface area contributed by atoms with Gasteiger partial charge in [-0.1, -0.05) is 53.7 Å². The van der Waals surface area contributed by atoms with E-state index in [1.54, 1.807) is 18.2 Å². The van der Waals surface area contributed by atoms with E-state index in [0.29, 0.717) is 27.5 Å². The van der Waals surface area contributed by atoms with E-state index in [4.69, 9.17) is 21.7 Å². The predicted molar refractivity (Wildman–Crippen MR) is 125 cm³/mol. The van der Waals surface area contributed by atoms with Crippen molar-refractivity contribution in [2.24, 2.45) is 0 Å². The van der Waals surface area contributed by atoms with Crippen LogP contribution in [0.15, 0.2) is 64.5 Å². The SMILES string of the molecule is Cc1cc(C)c2c(-c3ccccc3)nc(SCc3nc4cc(Cl)ccc4c(=O)[nH]3)n2n1. The fourth-order valence-corrected chi connectivity index (χ4v) is 4.64. The molecule has 154 valence electrons. The van der Waals surface area contributed by atoms with E-state index < -0.39 is 0 Å². The molecule has 0 saturated carbocycles. The number of hydrogen-bond donors (Lipinski definition) is 1. The van der Waals surface area contributed by atoms with E-state index >= 15 is 0 Å². The molecule has 0 amide bonds. The maximum atomic E-state index is 12.4. The second kappa shape index (κ2) is 7.83. The first-order valence-corrected chi connectivity index (χ1v) is 11.1. The first kappa shape index (κ1) is 19.8. The minimum atomic E-state index is -0.181. The first-order valence-electron chi connectivity index (χ1n) is 9.73. The van der Waals surface area contributed by atoms with Gasteiger partial charge in [0.05, 0.1) is 33.6 Å². The van der Waals surface area contributed by atoms with E-state index in [1.807, 2.05) is 41.8 Å². The average Bonchev–Trinajstić information content (AvgIpc) is 3.11. The number of aryl methyl sites for hydroxylation is 2. The molecule has 0 spiro atoms. The summed E-state index contributed by atoms with van der Waals surface area (Å²) in [5.41, 5.74) is 5.32. The number of fused-ring (bicyclic) bond motifs is 2. The summed E-state index contributed by atoms with van der Waals surface area (Å²) in [6.45, 7) is 4.04. The summed E-state index contributed by atoms with van der Waals surface area (Å²) in [5.74, 6) is 1.01. The summed E-state index contributed by atoms with van der Waals surface area (Å²) >= 11 is 7.55. The van der Waals surface area contributed by atoms with Crippen LogP contribution in [0.4, 0.5) is 0 Å². The lowest BCUT2D eigenvalue weighted by molar-refractivity contribution is 0.792. The largest absolute Gasteiger partial charge is 0.309 e. The predicted octanol–water partition coefficient (Wildman–Crippen LogP) is 5.20. The number of aromatic nitrogens is 5. The van der Waals surface area contributed by atoms with Crippen LogP contribution >= 0.6 is 23.4 Å². The molecule has 3 aromatic heterocycles. The Bertz CT molecular complexity index is 1490. The van der Waals surface area contributed by atoms with Crippen molar-refractivity contribution in [2.75, 3.05) is 0 Å². The van der Waals surface area contributed by atoms with Gasteiger partial charge in [-0.2, -0.15) is 5.10 Å². The van der Waals surface area contributed by atoms with Crippen molar-refractivity contribution in [3.05, 3.63) is 87.1 Å². The van der Waals surface area contributed by atoms with Gasteiger partial charge in [-0.3, -0.25) is 4.79 Å². The molecule has 8 heteroatoms. The number of benzene rings is 2. The van der Waals surface area contributed by atoms with Crippen molar-refractivity contribution in [3.63, 3.8) is 0 Å². The fourth-order valence-electron chi connectivity index (χ4n) is 3.66. The van der Waals surface area contributed by atoms with Gasteiger partial charge >= 0.3 is 0 Å². The zero-order valence-corrected chi connectivity index (χ0v) is 18.5. The number of thioether (sulfide) groups is 1. The van der Waals surface area contributed by atoms with Gasteiger partial charge in [0, 0.05) is 10.6 Å². The summed E-state index contributed by atoms with van der Waals surface area (Å²) in [6, 6.07) is 17.2. The van der Waals surface area contributed by atoms with E-state index in [2.05, 4.69) is 23.0 Å². The smallest absolute Gasteiger partial charge is 0.258 e. The monoisotopic (exact) mass is 447 g/mol. The fraction of sp³-hybridized carbons (Fsp3) is 0.130. The molecule has 0 aliphatic heterocycles. The number of halogens is 1. The molecule has 31 heavy (non-hydrogen) atoms. The number of imidazole rings is 1. The van der Waals surface area contributed by atoms with Crippen molar-refractivity contribution in [2.45, 2.75) is 24.8 Å². The third kappa shape index (κ3) is 3.71. The Hall–Kier alpha value is -3.16. The van der Waals surface area contributed by atoms with Crippen LogP contribution in [0.25, 0.3) is 27.7 Å². The zero-order chi connectivity index (χ0) is 21.5. The summed E-state index contributed by atoms with van der Waals surface area (Å²) in [7, 11) is 0. The van der Waals surface area contributed by atoms with Gasteiger partial charge in [0.25, 0.3) is 5.56 Å². The highest BCUT2D eigenvalue weighted by Crippen LogP contribution is 2.31. The number of hydrogen-bond acceptors (Lipinski definition) is 5. The molecule has 5 aromatic rings. The molecular formula is C23H18ClN5OS. The maximum absolute atomic E-state index is 12.4.